The number of aromatic nitrogens is 3. The molecule has 30 heavy (non-hydrogen) atoms. The predicted molar refractivity (Wildman–Crippen MR) is 125 cm³/mol. The summed E-state index contributed by atoms with van der Waals surface area (Å²) in [6, 6.07) is 15.3. The Hall–Kier alpha value is -2.00. The molecule has 0 radical (unpaired) electrons. The van der Waals surface area contributed by atoms with Crippen LogP contribution in [-0.2, 0) is 16.1 Å². The smallest absolute Gasteiger partial charge is 0.234 e. The molecular formula is C21H23ClN4O2S2. The van der Waals surface area contributed by atoms with Crippen LogP contribution in [0.25, 0.3) is 11.4 Å². The van der Waals surface area contributed by atoms with Crippen molar-refractivity contribution in [1.29, 1.82) is 0 Å². The number of ether oxygens (including phenoxy) is 1. The van der Waals surface area contributed by atoms with Crippen LogP contribution < -0.4 is 5.32 Å². The summed E-state index contributed by atoms with van der Waals surface area (Å²) in [5.74, 6) is 0.824. The van der Waals surface area contributed by atoms with Gasteiger partial charge in [-0.3, -0.25) is 4.79 Å². The van der Waals surface area contributed by atoms with Crippen molar-refractivity contribution in [2.75, 3.05) is 31.0 Å². The van der Waals surface area contributed by atoms with Crippen LogP contribution in [0, 0.1) is 0 Å². The number of halogens is 1. The molecule has 1 heterocycles. The molecule has 0 fully saturated rings. The maximum atomic E-state index is 12.4. The highest BCUT2D eigenvalue weighted by atomic mass is 35.5. The van der Waals surface area contributed by atoms with Crippen molar-refractivity contribution in [2.45, 2.75) is 23.0 Å². The quantitative estimate of drug-likeness (QED) is 0.334. The molecule has 0 saturated heterocycles. The Balaban J connectivity index is 1.71. The number of hydrogen-bond acceptors (Lipinski definition) is 6. The molecule has 0 bridgehead atoms. The maximum Gasteiger partial charge on any atom is 0.234 e. The van der Waals surface area contributed by atoms with Crippen LogP contribution in [0.15, 0.2) is 58.6 Å². The molecule has 0 aliphatic rings. The van der Waals surface area contributed by atoms with E-state index in [9.17, 15) is 4.79 Å². The average molecular weight is 463 g/mol. The molecule has 3 rings (SSSR count). The lowest BCUT2D eigenvalue weighted by molar-refractivity contribution is -0.113. The third-order valence-corrected chi connectivity index (χ3v) is 6.31. The number of rotatable bonds is 10. The number of thioether (sulfide) groups is 2. The van der Waals surface area contributed by atoms with Crippen LogP contribution in [0.3, 0.4) is 0 Å². The zero-order valence-corrected chi connectivity index (χ0v) is 19.2. The minimum Gasteiger partial charge on any atom is -0.385 e. The van der Waals surface area contributed by atoms with Crippen LogP contribution in [0.5, 0.6) is 0 Å². The number of carbonyl (C=O) groups is 1. The Kier molecular flexibility index (Phi) is 8.62. The Morgan fingerprint density at radius 2 is 1.93 bits per heavy atom. The molecule has 0 unspecified atom stereocenters. The van der Waals surface area contributed by atoms with Gasteiger partial charge in [0, 0.05) is 36.4 Å². The van der Waals surface area contributed by atoms with Crippen molar-refractivity contribution in [3.05, 3.63) is 53.6 Å². The minimum atomic E-state index is -0.0948. The van der Waals surface area contributed by atoms with Gasteiger partial charge < -0.3 is 14.6 Å². The molecular weight excluding hydrogens is 440 g/mol. The first-order valence-corrected chi connectivity index (χ1v) is 11.9. The molecule has 0 aliphatic carbocycles. The summed E-state index contributed by atoms with van der Waals surface area (Å²) in [5, 5.41) is 12.8. The van der Waals surface area contributed by atoms with Gasteiger partial charge >= 0.3 is 0 Å². The highest BCUT2D eigenvalue weighted by Crippen LogP contribution is 2.29. The number of carbonyl (C=O) groups excluding carboxylic acids is 1. The fourth-order valence-electron chi connectivity index (χ4n) is 2.81. The molecule has 2 aromatic carbocycles. The van der Waals surface area contributed by atoms with E-state index in [0.29, 0.717) is 29.2 Å². The van der Waals surface area contributed by atoms with Crippen LogP contribution in [0.4, 0.5) is 5.69 Å². The van der Waals surface area contributed by atoms with E-state index < -0.39 is 0 Å². The summed E-state index contributed by atoms with van der Waals surface area (Å²) in [6.45, 7) is 1.29. The largest absolute Gasteiger partial charge is 0.385 e. The van der Waals surface area contributed by atoms with E-state index in [1.165, 1.54) is 11.8 Å². The molecule has 9 heteroatoms. The van der Waals surface area contributed by atoms with E-state index in [4.69, 9.17) is 16.3 Å². The van der Waals surface area contributed by atoms with Gasteiger partial charge in [-0.2, -0.15) is 0 Å². The molecule has 6 nitrogen and oxygen atoms in total. The topological polar surface area (TPSA) is 69.0 Å². The maximum absolute atomic E-state index is 12.4. The van der Waals surface area contributed by atoms with E-state index in [1.54, 1.807) is 18.9 Å². The first-order valence-electron chi connectivity index (χ1n) is 9.36. The van der Waals surface area contributed by atoms with Crippen molar-refractivity contribution in [2.24, 2.45) is 0 Å². The number of nitrogens with one attached hydrogen (secondary N) is 1. The average Bonchev–Trinajstić information content (AvgIpc) is 3.16. The first-order chi connectivity index (χ1) is 14.6. The Labute approximate surface area is 189 Å². The van der Waals surface area contributed by atoms with Gasteiger partial charge in [0.2, 0.25) is 5.91 Å². The number of anilines is 1. The van der Waals surface area contributed by atoms with E-state index in [2.05, 4.69) is 15.5 Å². The lowest BCUT2D eigenvalue weighted by Gasteiger charge is -2.11. The Morgan fingerprint density at radius 3 is 2.63 bits per heavy atom. The van der Waals surface area contributed by atoms with Gasteiger partial charge in [-0.05, 0) is 49.1 Å². The zero-order valence-electron chi connectivity index (χ0n) is 16.8. The SMILES string of the molecule is COCCCn1c(SCC(=O)Nc2ccc(SC)cc2)nnc1-c1ccccc1Cl. The van der Waals surface area contributed by atoms with Crippen molar-refractivity contribution in [1.82, 2.24) is 14.8 Å². The first kappa shape index (κ1) is 22.7. The third-order valence-electron chi connectivity index (χ3n) is 4.27. The van der Waals surface area contributed by atoms with E-state index >= 15 is 0 Å². The van der Waals surface area contributed by atoms with Gasteiger partial charge in [0.1, 0.15) is 0 Å². The second-order valence-electron chi connectivity index (χ2n) is 6.35. The van der Waals surface area contributed by atoms with Gasteiger partial charge in [-0.1, -0.05) is 35.5 Å². The second kappa shape index (κ2) is 11.4. The lowest BCUT2D eigenvalue weighted by atomic mass is 10.2. The van der Waals surface area contributed by atoms with Crippen molar-refractivity contribution in [3.8, 4) is 11.4 Å². The van der Waals surface area contributed by atoms with Crippen LogP contribution in [-0.4, -0.2) is 46.4 Å². The summed E-state index contributed by atoms with van der Waals surface area (Å²) >= 11 is 9.38. The molecule has 0 aliphatic heterocycles. The molecule has 0 saturated carbocycles. The zero-order chi connectivity index (χ0) is 21.3. The van der Waals surface area contributed by atoms with E-state index in [-0.39, 0.29) is 11.7 Å². The van der Waals surface area contributed by atoms with Gasteiger partial charge in [-0.25, -0.2) is 0 Å². The summed E-state index contributed by atoms with van der Waals surface area (Å²) in [5.41, 5.74) is 1.59. The Bertz CT molecular complexity index is 979. The molecule has 1 N–H and O–H groups in total. The summed E-state index contributed by atoms with van der Waals surface area (Å²) < 4.78 is 7.17. The highest BCUT2D eigenvalue weighted by molar-refractivity contribution is 7.99. The normalized spacial score (nSPS) is 10.9. The molecule has 0 atom stereocenters. The fourth-order valence-corrected chi connectivity index (χ4v) is 4.20. The van der Waals surface area contributed by atoms with E-state index in [1.807, 2.05) is 59.4 Å². The fraction of sp³-hybridized carbons (Fsp3) is 0.286. The van der Waals surface area contributed by atoms with Gasteiger partial charge in [0.25, 0.3) is 0 Å². The summed E-state index contributed by atoms with van der Waals surface area (Å²) in [6.07, 6.45) is 2.82. The van der Waals surface area contributed by atoms with Crippen LogP contribution >= 0.6 is 35.1 Å². The third kappa shape index (κ3) is 6.01. The standard InChI is InChI=1S/C21H23ClN4O2S2/c1-28-13-5-12-26-20(17-6-3-4-7-18(17)22)24-25-21(26)30-14-19(27)23-15-8-10-16(29-2)11-9-15/h3-4,6-11H,5,12-14H2,1-2H3,(H,23,27). The molecule has 1 aromatic heterocycles. The summed E-state index contributed by atoms with van der Waals surface area (Å²) in [4.78, 5) is 13.6. The van der Waals surface area contributed by atoms with Crippen LogP contribution in [0.2, 0.25) is 5.02 Å². The Morgan fingerprint density at radius 1 is 1.17 bits per heavy atom. The molecule has 0 spiro atoms. The van der Waals surface area contributed by atoms with Gasteiger partial charge in [0.15, 0.2) is 11.0 Å². The van der Waals surface area contributed by atoms with Crippen molar-refractivity contribution >= 4 is 46.7 Å². The predicted octanol–water partition coefficient (Wildman–Crippen LogP) is 5.09. The number of nitrogens with zero attached hydrogens (tertiary/aromatic N) is 3. The summed E-state index contributed by atoms with van der Waals surface area (Å²) in [7, 11) is 1.67. The second-order valence-corrected chi connectivity index (χ2v) is 8.58. The van der Waals surface area contributed by atoms with Crippen molar-refractivity contribution < 1.29 is 9.53 Å². The van der Waals surface area contributed by atoms with Gasteiger partial charge in [-0.15, -0.1) is 22.0 Å². The number of benzene rings is 2. The monoisotopic (exact) mass is 462 g/mol. The van der Waals surface area contributed by atoms with Gasteiger partial charge in [0.05, 0.1) is 10.8 Å². The van der Waals surface area contributed by atoms with Crippen LogP contribution in [0.1, 0.15) is 6.42 Å². The molecule has 1 amide bonds. The number of hydrogen-bond donors (Lipinski definition) is 1. The molecule has 3 aromatic rings. The lowest BCUT2D eigenvalue weighted by Crippen LogP contribution is -2.14. The minimum absolute atomic E-state index is 0.0948. The number of methoxy groups -OCH3 is 1. The highest BCUT2D eigenvalue weighted by Gasteiger charge is 2.17. The van der Waals surface area contributed by atoms with Crippen molar-refractivity contribution in [3.63, 3.8) is 0 Å². The van der Waals surface area contributed by atoms with E-state index in [0.717, 1.165) is 22.6 Å². The number of amides is 1. The molecule has 158 valence electrons.